The summed E-state index contributed by atoms with van der Waals surface area (Å²) in [5.74, 6) is 0. The van der Waals surface area contributed by atoms with Gasteiger partial charge in [0.1, 0.15) is 13.9 Å². The van der Waals surface area contributed by atoms with E-state index in [1.54, 1.807) is 12.1 Å². The summed E-state index contributed by atoms with van der Waals surface area (Å²) < 4.78 is 0. The molecule has 1 aliphatic heterocycles. The molecule has 2 aliphatic rings. The molecule has 43 heavy (non-hydrogen) atoms. The van der Waals surface area contributed by atoms with Crippen molar-refractivity contribution in [3.05, 3.63) is 112 Å². The van der Waals surface area contributed by atoms with Crippen molar-refractivity contribution >= 4 is 53.3 Å². The van der Waals surface area contributed by atoms with Crippen molar-refractivity contribution in [1.82, 2.24) is 21.0 Å². The number of halogens is 2. The van der Waals surface area contributed by atoms with Crippen molar-refractivity contribution in [2.45, 2.75) is 43.2 Å². The van der Waals surface area contributed by atoms with Crippen molar-refractivity contribution in [3.63, 3.8) is 0 Å². The van der Waals surface area contributed by atoms with E-state index >= 15 is 0 Å². The van der Waals surface area contributed by atoms with Crippen LogP contribution < -0.4 is 21.6 Å². The second kappa shape index (κ2) is 12.1. The Morgan fingerprint density at radius 3 is 2.56 bits per heavy atom. The number of hydrogen-bond acceptors (Lipinski definition) is 8. The summed E-state index contributed by atoms with van der Waals surface area (Å²) in [5, 5.41) is 29.9. The zero-order valence-electron chi connectivity index (χ0n) is 23.1. The van der Waals surface area contributed by atoms with E-state index in [-0.39, 0.29) is 6.04 Å². The van der Waals surface area contributed by atoms with Crippen LogP contribution in [0.1, 0.15) is 48.4 Å². The Bertz CT molecular complexity index is 1780. The lowest BCUT2D eigenvalue weighted by Gasteiger charge is -2.35. The lowest BCUT2D eigenvalue weighted by molar-refractivity contribution is 0.260. The molecule has 2 radical (unpaired) electrons. The molecule has 11 heteroatoms. The van der Waals surface area contributed by atoms with E-state index in [1.807, 2.05) is 65.8 Å². The van der Waals surface area contributed by atoms with Crippen molar-refractivity contribution < 1.29 is 0 Å². The number of nitriles is 2. The molecule has 4 aromatic rings. The van der Waals surface area contributed by atoms with Crippen LogP contribution in [0.2, 0.25) is 10.0 Å². The first kappa shape index (κ1) is 28.7. The van der Waals surface area contributed by atoms with Gasteiger partial charge >= 0.3 is 0 Å². The molecule has 4 N–H and O–H groups in total. The van der Waals surface area contributed by atoms with Crippen LogP contribution in [-0.2, 0) is 5.44 Å². The van der Waals surface area contributed by atoms with E-state index in [0.29, 0.717) is 68.0 Å². The van der Waals surface area contributed by atoms with Crippen LogP contribution in [0.25, 0.3) is 10.9 Å². The van der Waals surface area contributed by atoms with Gasteiger partial charge in [-0.2, -0.15) is 10.5 Å². The zero-order valence-corrected chi connectivity index (χ0v) is 24.6. The van der Waals surface area contributed by atoms with Crippen LogP contribution >= 0.6 is 23.2 Å². The summed E-state index contributed by atoms with van der Waals surface area (Å²) in [6.07, 6.45) is 6.55. The van der Waals surface area contributed by atoms with Gasteiger partial charge in [-0.15, -0.1) is 5.53 Å². The Morgan fingerprint density at radius 1 is 1.07 bits per heavy atom. The average molecular weight is 605 g/mol. The maximum atomic E-state index is 10.1. The third-order valence-corrected chi connectivity index (χ3v) is 8.32. The number of pyridine rings is 1. The van der Waals surface area contributed by atoms with Crippen LogP contribution in [0.3, 0.4) is 0 Å². The van der Waals surface area contributed by atoms with Crippen LogP contribution in [0.15, 0.2) is 84.8 Å². The summed E-state index contributed by atoms with van der Waals surface area (Å²) >= 11 is 13.5. The fourth-order valence-electron chi connectivity index (χ4n) is 5.33. The normalized spacial score (nSPS) is 16.4. The van der Waals surface area contributed by atoms with Crippen LogP contribution in [0.4, 0.5) is 11.4 Å². The van der Waals surface area contributed by atoms with E-state index in [1.165, 1.54) is 6.20 Å². The SMILES string of the molecule is [B]C(Nc1cc(Cl)c2ncc(C#N)c(NC(CCC#N)c3ccccc3)c2c1)(C1=CN(C2CC2)NN1)c1ccccc1Cl. The van der Waals surface area contributed by atoms with E-state index in [2.05, 4.69) is 38.7 Å². The first-order chi connectivity index (χ1) is 20.9. The summed E-state index contributed by atoms with van der Waals surface area (Å²) in [7, 11) is 7.19. The number of hydrogen-bond donors (Lipinski definition) is 4. The van der Waals surface area contributed by atoms with Gasteiger partial charge in [0.25, 0.3) is 0 Å². The van der Waals surface area contributed by atoms with E-state index in [9.17, 15) is 10.5 Å². The molecule has 3 aromatic carbocycles. The molecule has 212 valence electrons. The molecular formula is C32H27BCl2N8. The van der Waals surface area contributed by atoms with E-state index in [0.717, 1.165) is 18.4 Å². The number of nitrogens with zero attached hydrogens (tertiary/aromatic N) is 4. The average Bonchev–Trinajstić information content (AvgIpc) is 3.75. The number of rotatable bonds is 10. The lowest BCUT2D eigenvalue weighted by atomic mass is 9.69. The fourth-order valence-corrected chi connectivity index (χ4v) is 5.88. The highest BCUT2D eigenvalue weighted by Crippen LogP contribution is 2.40. The van der Waals surface area contributed by atoms with Crippen molar-refractivity contribution in [1.29, 1.82) is 10.5 Å². The van der Waals surface area contributed by atoms with Gasteiger partial charge in [-0.05, 0) is 48.6 Å². The topological polar surface area (TPSA) is 112 Å². The van der Waals surface area contributed by atoms with Crippen molar-refractivity contribution in [2.75, 3.05) is 10.6 Å². The molecule has 2 heterocycles. The maximum absolute atomic E-state index is 10.1. The Balaban J connectivity index is 1.45. The van der Waals surface area contributed by atoms with Crippen molar-refractivity contribution in [3.8, 4) is 12.1 Å². The largest absolute Gasteiger partial charge is 0.378 e. The lowest BCUT2D eigenvalue weighted by Crippen LogP contribution is -2.45. The number of nitrogens with one attached hydrogen (secondary N) is 4. The monoisotopic (exact) mass is 604 g/mol. The molecule has 0 spiro atoms. The summed E-state index contributed by atoms with van der Waals surface area (Å²) in [5.41, 5.74) is 9.52. The minimum Gasteiger partial charge on any atom is -0.378 e. The predicted molar refractivity (Wildman–Crippen MR) is 171 cm³/mol. The quantitative estimate of drug-likeness (QED) is 0.149. The van der Waals surface area contributed by atoms with Crippen LogP contribution in [0.5, 0.6) is 0 Å². The molecule has 0 saturated heterocycles. The van der Waals surface area contributed by atoms with Crippen LogP contribution in [-0.4, -0.2) is 23.9 Å². The summed E-state index contributed by atoms with van der Waals surface area (Å²) in [4.78, 5) is 4.51. The highest BCUT2D eigenvalue weighted by atomic mass is 35.5. The van der Waals surface area contributed by atoms with Crippen molar-refractivity contribution in [2.24, 2.45) is 0 Å². The van der Waals surface area contributed by atoms with Gasteiger partial charge in [0.05, 0.1) is 45.0 Å². The zero-order chi connectivity index (χ0) is 30.0. The highest BCUT2D eigenvalue weighted by Gasteiger charge is 2.38. The molecular weight excluding hydrogens is 578 g/mol. The molecule has 0 amide bonds. The standard InChI is InChI=1S/C32H27BCl2N8/c33-32(25-9-4-5-10-26(25)34,29-19-43(42-41-29)23-12-13-23)40-22-15-24-30(21(17-37)18-38-31(24)27(35)16-22)39-28(11-6-14-36)20-7-2-1-3-8-20/h1-5,7-10,15-16,18-19,23,28,40-42H,6,11-13H2,(H,38,39). The molecule has 1 aliphatic carbocycles. The number of hydrazine groups is 2. The Labute approximate surface area is 261 Å². The van der Waals surface area contributed by atoms with Crippen LogP contribution in [0, 0.1) is 22.7 Å². The number of benzene rings is 3. The van der Waals surface area contributed by atoms with Gasteiger partial charge in [-0.3, -0.25) is 9.99 Å². The van der Waals surface area contributed by atoms with Gasteiger partial charge < -0.3 is 16.1 Å². The third kappa shape index (κ3) is 5.80. The fraction of sp³-hybridized carbons (Fsp3) is 0.219. The van der Waals surface area contributed by atoms with Gasteiger partial charge in [0, 0.05) is 41.0 Å². The van der Waals surface area contributed by atoms with E-state index in [4.69, 9.17) is 31.0 Å². The summed E-state index contributed by atoms with van der Waals surface area (Å²) in [6, 6.07) is 25.6. The minimum absolute atomic E-state index is 0.224. The predicted octanol–water partition coefficient (Wildman–Crippen LogP) is 6.63. The minimum atomic E-state index is -1.28. The molecule has 1 fully saturated rings. The highest BCUT2D eigenvalue weighted by molar-refractivity contribution is 6.36. The molecule has 2 unspecified atom stereocenters. The third-order valence-electron chi connectivity index (χ3n) is 7.70. The Morgan fingerprint density at radius 2 is 1.84 bits per heavy atom. The molecule has 1 saturated carbocycles. The second-order valence-corrected chi connectivity index (χ2v) is 11.5. The molecule has 6 rings (SSSR count). The Hall–Kier alpha value is -4.41. The molecule has 1 aromatic heterocycles. The number of aromatic nitrogens is 1. The van der Waals surface area contributed by atoms with E-state index < -0.39 is 5.44 Å². The van der Waals surface area contributed by atoms with Gasteiger partial charge in [-0.1, -0.05) is 71.7 Å². The molecule has 2 atom stereocenters. The molecule has 0 bridgehead atoms. The second-order valence-electron chi connectivity index (χ2n) is 10.6. The molecule has 8 nitrogen and oxygen atoms in total. The van der Waals surface area contributed by atoms with Gasteiger partial charge in [0.15, 0.2) is 0 Å². The van der Waals surface area contributed by atoms with Gasteiger partial charge in [-0.25, -0.2) is 0 Å². The Kier molecular flexibility index (Phi) is 8.05. The maximum Gasteiger partial charge on any atom is 0.119 e. The number of anilines is 2. The first-order valence-corrected chi connectivity index (χ1v) is 14.7. The number of fused-ring (bicyclic) bond motifs is 1. The smallest absolute Gasteiger partial charge is 0.119 e. The first-order valence-electron chi connectivity index (χ1n) is 14.0. The van der Waals surface area contributed by atoms with Gasteiger partial charge in [0.2, 0.25) is 0 Å². The summed E-state index contributed by atoms with van der Waals surface area (Å²) in [6.45, 7) is 0.